The van der Waals surface area contributed by atoms with Crippen molar-refractivity contribution < 1.29 is 18.0 Å². The SMILES string of the molecule is CCCC(=O)N1CCCN1C(=O)c1ccccc1S(C)(=O)=O. The highest BCUT2D eigenvalue weighted by atomic mass is 32.2. The van der Waals surface area contributed by atoms with Crippen LogP contribution in [0.4, 0.5) is 0 Å². The summed E-state index contributed by atoms with van der Waals surface area (Å²) >= 11 is 0. The van der Waals surface area contributed by atoms with Gasteiger partial charge in [0.05, 0.1) is 10.5 Å². The van der Waals surface area contributed by atoms with Gasteiger partial charge in [0.25, 0.3) is 5.91 Å². The van der Waals surface area contributed by atoms with Gasteiger partial charge in [0.1, 0.15) is 0 Å². The van der Waals surface area contributed by atoms with Gasteiger partial charge >= 0.3 is 0 Å². The normalized spacial score (nSPS) is 15.2. The van der Waals surface area contributed by atoms with Crippen LogP contribution in [0.5, 0.6) is 0 Å². The van der Waals surface area contributed by atoms with E-state index in [2.05, 4.69) is 0 Å². The number of amides is 2. The van der Waals surface area contributed by atoms with E-state index in [-0.39, 0.29) is 16.4 Å². The first-order chi connectivity index (χ1) is 10.4. The summed E-state index contributed by atoms with van der Waals surface area (Å²) < 4.78 is 23.7. The first-order valence-electron chi connectivity index (χ1n) is 7.27. The minimum Gasteiger partial charge on any atom is -0.273 e. The van der Waals surface area contributed by atoms with E-state index in [0.717, 1.165) is 6.26 Å². The van der Waals surface area contributed by atoms with Gasteiger partial charge < -0.3 is 0 Å². The molecular weight excluding hydrogens is 304 g/mol. The molecule has 0 spiro atoms. The Labute approximate surface area is 130 Å². The Morgan fingerprint density at radius 2 is 1.77 bits per heavy atom. The van der Waals surface area contributed by atoms with E-state index in [9.17, 15) is 18.0 Å². The van der Waals surface area contributed by atoms with Crippen LogP contribution < -0.4 is 0 Å². The summed E-state index contributed by atoms with van der Waals surface area (Å²) in [6, 6.07) is 6.10. The molecule has 0 aliphatic carbocycles. The molecule has 0 aromatic heterocycles. The number of nitrogens with zero attached hydrogens (tertiary/aromatic N) is 2. The van der Waals surface area contributed by atoms with Gasteiger partial charge in [0.2, 0.25) is 5.91 Å². The Balaban J connectivity index is 2.34. The average Bonchev–Trinajstić information content (AvgIpc) is 2.95. The summed E-state index contributed by atoms with van der Waals surface area (Å²) in [7, 11) is -3.51. The second-order valence-electron chi connectivity index (χ2n) is 5.32. The lowest BCUT2D eigenvalue weighted by Crippen LogP contribution is -2.45. The average molecular weight is 324 g/mol. The molecule has 1 heterocycles. The molecule has 1 aromatic rings. The molecule has 1 fully saturated rings. The van der Waals surface area contributed by atoms with Gasteiger partial charge in [-0.15, -0.1) is 0 Å². The number of rotatable bonds is 4. The zero-order valence-corrected chi connectivity index (χ0v) is 13.6. The molecule has 0 bridgehead atoms. The number of benzene rings is 1. The highest BCUT2D eigenvalue weighted by Gasteiger charge is 2.32. The fourth-order valence-corrected chi connectivity index (χ4v) is 3.41. The summed E-state index contributed by atoms with van der Waals surface area (Å²) in [6.45, 7) is 2.82. The number of carbonyl (C=O) groups is 2. The topological polar surface area (TPSA) is 74.8 Å². The number of hydrogen-bond donors (Lipinski definition) is 0. The maximum atomic E-state index is 12.7. The molecule has 0 N–H and O–H groups in total. The van der Waals surface area contributed by atoms with Crippen molar-refractivity contribution in [3.8, 4) is 0 Å². The number of hydrogen-bond acceptors (Lipinski definition) is 4. The van der Waals surface area contributed by atoms with Gasteiger partial charge in [0.15, 0.2) is 9.84 Å². The minimum atomic E-state index is -3.51. The fraction of sp³-hybridized carbons (Fsp3) is 0.467. The maximum absolute atomic E-state index is 12.7. The third-order valence-electron chi connectivity index (χ3n) is 3.53. The van der Waals surface area contributed by atoms with Crippen molar-refractivity contribution in [3.05, 3.63) is 29.8 Å². The van der Waals surface area contributed by atoms with Gasteiger partial charge in [-0.3, -0.25) is 14.6 Å². The molecule has 1 aromatic carbocycles. The molecule has 0 saturated carbocycles. The molecule has 0 atom stereocenters. The number of hydrazine groups is 1. The molecule has 120 valence electrons. The molecule has 1 aliphatic rings. The molecule has 2 amide bonds. The second kappa shape index (κ2) is 6.48. The zero-order valence-electron chi connectivity index (χ0n) is 12.8. The van der Waals surface area contributed by atoms with Crippen LogP contribution in [0.2, 0.25) is 0 Å². The Morgan fingerprint density at radius 1 is 1.14 bits per heavy atom. The van der Waals surface area contributed by atoms with E-state index in [0.29, 0.717) is 32.4 Å². The molecule has 1 saturated heterocycles. The van der Waals surface area contributed by atoms with Crippen LogP contribution in [0.25, 0.3) is 0 Å². The molecule has 7 heteroatoms. The van der Waals surface area contributed by atoms with Crippen molar-refractivity contribution in [2.24, 2.45) is 0 Å². The minimum absolute atomic E-state index is 0.00482. The highest BCUT2D eigenvalue weighted by Crippen LogP contribution is 2.21. The van der Waals surface area contributed by atoms with Crippen molar-refractivity contribution in [1.29, 1.82) is 0 Å². The predicted octanol–water partition coefficient (Wildman–Crippen LogP) is 1.48. The van der Waals surface area contributed by atoms with Crippen LogP contribution in [0, 0.1) is 0 Å². The Hall–Kier alpha value is -1.89. The van der Waals surface area contributed by atoms with E-state index in [1.807, 2.05) is 6.92 Å². The Bertz CT molecular complexity index is 685. The summed E-state index contributed by atoms with van der Waals surface area (Å²) in [5, 5.41) is 2.80. The summed E-state index contributed by atoms with van der Waals surface area (Å²) in [5.74, 6) is -0.548. The van der Waals surface area contributed by atoms with Gasteiger partial charge in [-0.25, -0.2) is 13.4 Å². The first kappa shape index (κ1) is 16.5. The van der Waals surface area contributed by atoms with E-state index in [4.69, 9.17) is 0 Å². The quantitative estimate of drug-likeness (QED) is 0.841. The van der Waals surface area contributed by atoms with Gasteiger partial charge in [-0.1, -0.05) is 19.1 Å². The third kappa shape index (κ3) is 3.30. The lowest BCUT2D eigenvalue weighted by Gasteiger charge is -2.28. The van der Waals surface area contributed by atoms with Crippen LogP contribution in [-0.4, -0.2) is 49.6 Å². The van der Waals surface area contributed by atoms with Crippen molar-refractivity contribution in [2.45, 2.75) is 31.1 Å². The Morgan fingerprint density at radius 3 is 2.41 bits per heavy atom. The van der Waals surface area contributed by atoms with Crippen molar-refractivity contribution in [2.75, 3.05) is 19.3 Å². The standard InChI is InChI=1S/C15H20N2O4S/c1-3-7-14(18)16-10-6-11-17(16)15(19)12-8-4-5-9-13(12)22(2,20)21/h4-5,8-9H,3,6-7,10-11H2,1-2H3. The largest absolute Gasteiger partial charge is 0.273 e. The molecule has 2 rings (SSSR count). The van der Waals surface area contributed by atoms with Gasteiger partial charge in [0, 0.05) is 25.8 Å². The summed E-state index contributed by atoms with van der Waals surface area (Å²) in [5.41, 5.74) is 0.112. The lowest BCUT2D eigenvalue weighted by molar-refractivity contribution is -0.140. The molecule has 1 aliphatic heterocycles. The molecule has 0 radical (unpaired) electrons. The van der Waals surface area contributed by atoms with Crippen molar-refractivity contribution >= 4 is 21.7 Å². The summed E-state index contributed by atoms with van der Waals surface area (Å²) in [6.07, 6.45) is 2.85. The van der Waals surface area contributed by atoms with Crippen LogP contribution in [-0.2, 0) is 14.6 Å². The number of carbonyl (C=O) groups excluding carboxylic acids is 2. The van der Waals surface area contributed by atoms with Gasteiger partial charge in [-0.2, -0.15) is 0 Å². The van der Waals surface area contributed by atoms with E-state index >= 15 is 0 Å². The lowest BCUT2D eigenvalue weighted by atomic mass is 10.2. The molecule has 22 heavy (non-hydrogen) atoms. The van der Waals surface area contributed by atoms with Crippen LogP contribution in [0.15, 0.2) is 29.2 Å². The Kier molecular flexibility index (Phi) is 4.85. The molecule has 0 unspecified atom stereocenters. The van der Waals surface area contributed by atoms with Crippen molar-refractivity contribution in [3.63, 3.8) is 0 Å². The second-order valence-corrected chi connectivity index (χ2v) is 7.30. The van der Waals surface area contributed by atoms with Crippen LogP contribution in [0.3, 0.4) is 0 Å². The van der Waals surface area contributed by atoms with E-state index in [1.54, 1.807) is 12.1 Å². The fourth-order valence-electron chi connectivity index (χ4n) is 2.53. The predicted molar refractivity (Wildman–Crippen MR) is 81.8 cm³/mol. The van der Waals surface area contributed by atoms with Crippen molar-refractivity contribution in [1.82, 2.24) is 10.0 Å². The third-order valence-corrected chi connectivity index (χ3v) is 4.69. The van der Waals surface area contributed by atoms with Crippen LogP contribution >= 0.6 is 0 Å². The number of sulfone groups is 1. The van der Waals surface area contributed by atoms with Crippen LogP contribution in [0.1, 0.15) is 36.5 Å². The molecule has 6 nitrogen and oxygen atoms in total. The highest BCUT2D eigenvalue weighted by molar-refractivity contribution is 7.90. The van der Waals surface area contributed by atoms with Gasteiger partial charge in [-0.05, 0) is 25.0 Å². The molecular formula is C15H20N2O4S. The zero-order chi connectivity index (χ0) is 16.3. The monoisotopic (exact) mass is 324 g/mol. The summed E-state index contributed by atoms with van der Waals surface area (Å²) in [4.78, 5) is 24.8. The first-order valence-corrected chi connectivity index (χ1v) is 9.16. The van der Waals surface area contributed by atoms with E-state index in [1.165, 1.54) is 22.2 Å². The smallest absolute Gasteiger partial charge is 0.273 e. The maximum Gasteiger partial charge on any atom is 0.273 e. The van der Waals surface area contributed by atoms with E-state index < -0.39 is 15.7 Å².